The number of nitrogens with zero attached hydrogens (tertiary/aromatic N) is 5. The van der Waals surface area contributed by atoms with E-state index in [2.05, 4.69) is 56.2 Å². The standard InChI is InChI=1S/C21H27N5O/c27-17-24-10-12-26(13-11-24)21-15-20(22-16-23-21)25-8-6-19(7-9-25)14-18-4-2-1-3-5-18/h1-5,15-17,19H,6-14H2. The number of hydrogen-bond donors (Lipinski definition) is 0. The molecular weight excluding hydrogens is 338 g/mol. The fourth-order valence-electron chi connectivity index (χ4n) is 4.05. The lowest BCUT2D eigenvalue weighted by Gasteiger charge is -2.35. The van der Waals surface area contributed by atoms with Gasteiger partial charge in [0.05, 0.1) is 0 Å². The van der Waals surface area contributed by atoms with E-state index in [1.54, 1.807) is 6.33 Å². The summed E-state index contributed by atoms with van der Waals surface area (Å²) in [5, 5.41) is 0. The van der Waals surface area contributed by atoms with Gasteiger partial charge in [-0.05, 0) is 30.7 Å². The van der Waals surface area contributed by atoms with E-state index in [1.165, 1.54) is 24.8 Å². The Hall–Kier alpha value is -2.63. The molecule has 2 aliphatic heterocycles. The molecule has 1 amide bonds. The zero-order valence-corrected chi connectivity index (χ0v) is 15.7. The van der Waals surface area contributed by atoms with E-state index < -0.39 is 0 Å². The summed E-state index contributed by atoms with van der Waals surface area (Å²) in [5.74, 6) is 2.74. The second-order valence-electron chi connectivity index (χ2n) is 7.48. The smallest absolute Gasteiger partial charge is 0.209 e. The van der Waals surface area contributed by atoms with Crippen LogP contribution in [0.1, 0.15) is 18.4 Å². The second kappa shape index (κ2) is 8.37. The van der Waals surface area contributed by atoms with Crippen LogP contribution in [0.5, 0.6) is 0 Å². The highest BCUT2D eigenvalue weighted by Crippen LogP contribution is 2.26. The van der Waals surface area contributed by atoms with Gasteiger partial charge in [-0.3, -0.25) is 4.79 Å². The van der Waals surface area contributed by atoms with Gasteiger partial charge in [0.25, 0.3) is 0 Å². The lowest BCUT2D eigenvalue weighted by molar-refractivity contribution is -0.118. The molecule has 0 unspecified atom stereocenters. The van der Waals surface area contributed by atoms with E-state index in [4.69, 9.17) is 0 Å². The summed E-state index contributed by atoms with van der Waals surface area (Å²) >= 11 is 0. The van der Waals surface area contributed by atoms with E-state index >= 15 is 0 Å². The summed E-state index contributed by atoms with van der Waals surface area (Å²) in [4.78, 5) is 26.3. The highest BCUT2D eigenvalue weighted by atomic mass is 16.1. The molecule has 1 aromatic carbocycles. The molecular formula is C21H27N5O. The SMILES string of the molecule is O=CN1CCN(c2cc(N3CCC(Cc4ccccc4)CC3)ncn2)CC1. The number of carbonyl (C=O) groups is 1. The van der Waals surface area contributed by atoms with Gasteiger partial charge in [0.15, 0.2) is 0 Å². The van der Waals surface area contributed by atoms with Gasteiger partial charge in [0.2, 0.25) is 6.41 Å². The van der Waals surface area contributed by atoms with Crippen molar-refractivity contribution in [1.29, 1.82) is 0 Å². The van der Waals surface area contributed by atoms with Crippen LogP contribution >= 0.6 is 0 Å². The Kier molecular flexibility index (Phi) is 5.51. The zero-order valence-electron chi connectivity index (χ0n) is 15.7. The van der Waals surface area contributed by atoms with Gasteiger partial charge in [-0.15, -0.1) is 0 Å². The molecule has 0 bridgehead atoms. The van der Waals surface area contributed by atoms with Crippen molar-refractivity contribution in [1.82, 2.24) is 14.9 Å². The number of aromatic nitrogens is 2. The van der Waals surface area contributed by atoms with Crippen molar-refractivity contribution in [3.8, 4) is 0 Å². The lowest BCUT2D eigenvalue weighted by Crippen LogP contribution is -2.46. The number of benzene rings is 1. The average molecular weight is 365 g/mol. The Morgan fingerprint density at radius 1 is 0.889 bits per heavy atom. The van der Waals surface area contributed by atoms with Crippen LogP contribution in [0.2, 0.25) is 0 Å². The summed E-state index contributed by atoms with van der Waals surface area (Å²) in [6.07, 6.45) is 6.18. The molecule has 2 saturated heterocycles. The molecule has 0 aliphatic carbocycles. The molecule has 27 heavy (non-hydrogen) atoms. The molecule has 6 nitrogen and oxygen atoms in total. The molecule has 0 saturated carbocycles. The Morgan fingerprint density at radius 2 is 1.52 bits per heavy atom. The maximum Gasteiger partial charge on any atom is 0.209 e. The highest BCUT2D eigenvalue weighted by Gasteiger charge is 2.22. The van der Waals surface area contributed by atoms with Crippen LogP contribution in [-0.2, 0) is 11.2 Å². The van der Waals surface area contributed by atoms with Crippen molar-refractivity contribution in [2.75, 3.05) is 49.1 Å². The predicted molar refractivity (Wildman–Crippen MR) is 107 cm³/mol. The molecule has 6 heteroatoms. The van der Waals surface area contributed by atoms with Gasteiger partial charge < -0.3 is 14.7 Å². The third kappa shape index (κ3) is 4.38. The number of piperazine rings is 1. The minimum Gasteiger partial charge on any atom is -0.356 e. The number of rotatable bonds is 5. The molecule has 1 aromatic heterocycles. The maximum atomic E-state index is 10.9. The predicted octanol–water partition coefficient (Wildman–Crippen LogP) is 2.21. The van der Waals surface area contributed by atoms with Crippen molar-refractivity contribution in [3.05, 3.63) is 48.3 Å². The van der Waals surface area contributed by atoms with E-state index in [-0.39, 0.29) is 0 Å². The summed E-state index contributed by atoms with van der Waals surface area (Å²) in [6, 6.07) is 12.9. The molecule has 2 aromatic rings. The molecule has 3 heterocycles. The van der Waals surface area contributed by atoms with Crippen LogP contribution in [0.15, 0.2) is 42.7 Å². The summed E-state index contributed by atoms with van der Waals surface area (Å²) in [7, 11) is 0. The summed E-state index contributed by atoms with van der Waals surface area (Å²) in [5.41, 5.74) is 1.44. The van der Waals surface area contributed by atoms with Crippen LogP contribution in [0.3, 0.4) is 0 Å². The van der Waals surface area contributed by atoms with Crippen LogP contribution in [-0.4, -0.2) is 60.5 Å². The minimum absolute atomic E-state index is 0.751. The number of anilines is 2. The number of hydrogen-bond acceptors (Lipinski definition) is 5. The van der Waals surface area contributed by atoms with Gasteiger partial charge in [-0.1, -0.05) is 30.3 Å². The molecule has 0 radical (unpaired) electrons. The lowest BCUT2D eigenvalue weighted by atomic mass is 9.90. The average Bonchev–Trinajstić information content (AvgIpc) is 2.75. The largest absolute Gasteiger partial charge is 0.356 e. The van der Waals surface area contributed by atoms with Crippen LogP contribution in [0.25, 0.3) is 0 Å². The fraction of sp³-hybridized carbons (Fsp3) is 0.476. The molecule has 2 aliphatic rings. The number of amides is 1. The third-order valence-electron chi connectivity index (χ3n) is 5.73. The molecule has 0 atom stereocenters. The summed E-state index contributed by atoms with van der Waals surface area (Å²) < 4.78 is 0. The van der Waals surface area contributed by atoms with Crippen molar-refractivity contribution in [3.63, 3.8) is 0 Å². The third-order valence-corrected chi connectivity index (χ3v) is 5.73. The fourth-order valence-corrected chi connectivity index (χ4v) is 4.05. The van der Waals surface area contributed by atoms with Crippen molar-refractivity contribution in [2.45, 2.75) is 19.3 Å². The normalized spacial score (nSPS) is 18.6. The minimum atomic E-state index is 0.751. The Labute approximate surface area is 160 Å². The monoisotopic (exact) mass is 365 g/mol. The topological polar surface area (TPSA) is 52.6 Å². The summed E-state index contributed by atoms with van der Waals surface area (Å²) in [6.45, 7) is 5.27. The molecule has 0 spiro atoms. The zero-order chi connectivity index (χ0) is 18.5. The first-order valence-corrected chi connectivity index (χ1v) is 9.87. The van der Waals surface area contributed by atoms with Crippen LogP contribution in [0.4, 0.5) is 11.6 Å². The number of carbonyl (C=O) groups excluding carboxylic acids is 1. The first kappa shape index (κ1) is 17.8. The van der Waals surface area contributed by atoms with Gasteiger partial charge in [-0.25, -0.2) is 9.97 Å². The van der Waals surface area contributed by atoms with Gasteiger partial charge in [0, 0.05) is 45.3 Å². The van der Waals surface area contributed by atoms with E-state index in [1.807, 2.05) is 4.90 Å². The van der Waals surface area contributed by atoms with Crippen LogP contribution < -0.4 is 9.80 Å². The molecule has 0 N–H and O–H groups in total. The van der Waals surface area contributed by atoms with Crippen molar-refractivity contribution >= 4 is 18.0 Å². The van der Waals surface area contributed by atoms with Crippen LogP contribution in [0, 0.1) is 5.92 Å². The second-order valence-corrected chi connectivity index (χ2v) is 7.48. The maximum absolute atomic E-state index is 10.9. The quantitative estimate of drug-likeness (QED) is 0.761. The molecule has 142 valence electrons. The van der Waals surface area contributed by atoms with E-state index in [0.717, 1.165) is 63.2 Å². The number of piperidine rings is 1. The van der Waals surface area contributed by atoms with E-state index in [9.17, 15) is 4.79 Å². The first-order valence-electron chi connectivity index (χ1n) is 9.87. The Morgan fingerprint density at radius 3 is 2.15 bits per heavy atom. The van der Waals surface area contributed by atoms with Gasteiger partial charge >= 0.3 is 0 Å². The van der Waals surface area contributed by atoms with E-state index in [0.29, 0.717) is 0 Å². The molecule has 2 fully saturated rings. The van der Waals surface area contributed by atoms with Crippen molar-refractivity contribution in [2.24, 2.45) is 5.92 Å². The highest BCUT2D eigenvalue weighted by molar-refractivity contribution is 5.52. The Balaban J connectivity index is 1.34. The van der Waals surface area contributed by atoms with Gasteiger partial charge in [0.1, 0.15) is 18.0 Å². The van der Waals surface area contributed by atoms with Gasteiger partial charge in [-0.2, -0.15) is 0 Å². The first-order chi connectivity index (χ1) is 13.3. The molecule has 4 rings (SSSR count). The van der Waals surface area contributed by atoms with Crippen molar-refractivity contribution < 1.29 is 4.79 Å². The Bertz CT molecular complexity index is 737.